The van der Waals surface area contributed by atoms with E-state index in [1.165, 1.54) is 54.6 Å². The zero-order valence-corrected chi connectivity index (χ0v) is 21.7. The van der Waals surface area contributed by atoms with Gasteiger partial charge in [-0.15, -0.1) is 0 Å². The first-order valence-corrected chi connectivity index (χ1v) is 12.7. The molecule has 0 unspecified atom stereocenters. The Hall–Kier alpha value is -4.38. The zero-order valence-electron chi connectivity index (χ0n) is 20.9. The molecule has 2 amide bonds. The lowest BCUT2D eigenvalue weighted by atomic mass is 10.2. The van der Waals surface area contributed by atoms with E-state index < -0.39 is 29.2 Å². The number of carbonyl (C=O) groups excluding carboxylic acids is 3. The Bertz CT molecular complexity index is 1560. The van der Waals surface area contributed by atoms with Crippen LogP contribution in [0.3, 0.4) is 0 Å². The van der Waals surface area contributed by atoms with Crippen LogP contribution in [-0.2, 0) is 11.2 Å². The summed E-state index contributed by atoms with van der Waals surface area (Å²) in [6.07, 6.45) is 1.05. The first kappa shape index (κ1) is 26.7. The van der Waals surface area contributed by atoms with Gasteiger partial charge in [-0.25, -0.2) is 18.6 Å². The van der Waals surface area contributed by atoms with Gasteiger partial charge in [-0.05, 0) is 68.8 Å². The Balaban J connectivity index is 1.70. The summed E-state index contributed by atoms with van der Waals surface area (Å²) < 4.78 is 19.6. The van der Waals surface area contributed by atoms with Crippen molar-refractivity contribution in [1.82, 2.24) is 9.38 Å². The second-order valence-corrected chi connectivity index (χ2v) is 9.66. The first-order chi connectivity index (χ1) is 18.2. The Morgan fingerprint density at radius 1 is 1.00 bits per heavy atom. The summed E-state index contributed by atoms with van der Waals surface area (Å²) in [5.74, 6) is -2.33. The normalized spacial score (nSPS) is 11.0. The number of fused-ring (bicyclic) bond motifs is 1. The van der Waals surface area contributed by atoms with Gasteiger partial charge >= 0.3 is 5.97 Å². The van der Waals surface area contributed by atoms with Gasteiger partial charge in [-0.3, -0.25) is 14.4 Å². The number of hydrogen-bond acceptors (Lipinski definition) is 7. The van der Waals surface area contributed by atoms with E-state index in [-0.39, 0.29) is 21.6 Å². The highest BCUT2D eigenvalue weighted by Gasteiger charge is 2.26. The lowest BCUT2D eigenvalue weighted by Gasteiger charge is -2.10. The lowest BCUT2D eigenvalue weighted by molar-refractivity contribution is 0.0377. The molecule has 2 aromatic heterocycles. The summed E-state index contributed by atoms with van der Waals surface area (Å²) in [6, 6.07) is 12.5. The molecule has 11 heteroatoms. The molecule has 0 radical (unpaired) electrons. The smallest absolute Gasteiger partial charge is 0.338 e. The van der Waals surface area contributed by atoms with Crippen LogP contribution < -0.4 is 16.2 Å². The van der Waals surface area contributed by atoms with Gasteiger partial charge in [0.05, 0.1) is 11.7 Å². The zero-order chi connectivity index (χ0) is 27.4. The molecule has 0 fully saturated rings. The van der Waals surface area contributed by atoms with Crippen molar-refractivity contribution in [2.45, 2.75) is 39.7 Å². The van der Waals surface area contributed by atoms with Crippen LogP contribution in [0.1, 0.15) is 63.4 Å². The highest BCUT2D eigenvalue weighted by molar-refractivity contribution is 7.19. The minimum atomic E-state index is -0.717. The summed E-state index contributed by atoms with van der Waals surface area (Å²) in [5.41, 5.74) is 0.835. The second-order valence-electron chi connectivity index (χ2n) is 8.68. The van der Waals surface area contributed by atoms with E-state index in [0.29, 0.717) is 29.1 Å². The van der Waals surface area contributed by atoms with Crippen molar-refractivity contribution in [1.29, 1.82) is 0 Å². The number of aryl methyl sites for hydroxylation is 1. The van der Waals surface area contributed by atoms with Crippen LogP contribution >= 0.6 is 11.3 Å². The van der Waals surface area contributed by atoms with Gasteiger partial charge < -0.3 is 15.4 Å². The molecule has 0 atom stereocenters. The molecule has 0 saturated heterocycles. The Labute approximate surface area is 221 Å². The van der Waals surface area contributed by atoms with E-state index in [4.69, 9.17) is 4.74 Å². The molecule has 9 nitrogen and oxygen atoms in total. The van der Waals surface area contributed by atoms with E-state index in [1.54, 1.807) is 13.8 Å². The maximum atomic E-state index is 13.4. The highest BCUT2D eigenvalue weighted by Crippen LogP contribution is 2.24. The van der Waals surface area contributed by atoms with Crippen molar-refractivity contribution in [2.24, 2.45) is 0 Å². The quantitative estimate of drug-likeness (QED) is 0.309. The van der Waals surface area contributed by atoms with Gasteiger partial charge in [-0.2, -0.15) is 0 Å². The fourth-order valence-electron chi connectivity index (χ4n) is 3.65. The summed E-state index contributed by atoms with van der Waals surface area (Å²) in [7, 11) is 0. The third-order valence-corrected chi connectivity index (χ3v) is 6.36. The Morgan fingerprint density at radius 3 is 2.21 bits per heavy atom. The minimum absolute atomic E-state index is 0.0396. The summed E-state index contributed by atoms with van der Waals surface area (Å²) in [5, 5.41) is 5.31. The average Bonchev–Trinajstić information content (AvgIpc) is 3.26. The van der Waals surface area contributed by atoms with Gasteiger partial charge in [0, 0.05) is 23.1 Å². The van der Waals surface area contributed by atoms with E-state index in [0.717, 1.165) is 22.2 Å². The topological polar surface area (TPSA) is 119 Å². The average molecular weight is 537 g/mol. The van der Waals surface area contributed by atoms with Gasteiger partial charge in [0.25, 0.3) is 17.4 Å². The fraction of sp³-hybridized carbons (Fsp3) is 0.222. The molecular weight excluding hydrogens is 511 g/mol. The predicted molar refractivity (Wildman–Crippen MR) is 143 cm³/mol. The molecule has 0 aliphatic heterocycles. The van der Waals surface area contributed by atoms with Crippen LogP contribution in [0.15, 0.2) is 59.4 Å². The largest absolute Gasteiger partial charge is 0.459 e. The number of esters is 1. The number of aromatic nitrogens is 2. The molecule has 4 aromatic rings. The van der Waals surface area contributed by atoms with Gasteiger partial charge in [-0.1, -0.05) is 24.7 Å². The fourth-order valence-corrected chi connectivity index (χ4v) is 4.69. The second kappa shape index (κ2) is 11.3. The van der Waals surface area contributed by atoms with Crippen molar-refractivity contribution < 1.29 is 23.5 Å². The van der Waals surface area contributed by atoms with E-state index in [2.05, 4.69) is 15.6 Å². The van der Waals surface area contributed by atoms with Crippen LogP contribution in [0.4, 0.5) is 15.8 Å². The van der Waals surface area contributed by atoms with E-state index in [1.807, 2.05) is 6.92 Å². The van der Waals surface area contributed by atoms with Crippen molar-refractivity contribution in [3.63, 3.8) is 0 Å². The number of thiazole rings is 1. The molecule has 2 N–H and O–H groups in total. The number of carbonyl (C=O) groups is 3. The third-order valence-electron chi connectivity index (χ3n) is 5.32. The number of amides is 2. The molecule has 196 valence electrons. The Morgan fingerprint density at radius 2 is 1.61 bits per heavy atom. The van der Waals surface area contributed by atoms with E-state index >= 15 is 0 Å². The standard InChI is InChI=1S/C27H25FN4O5S/c1-4-5-20-14-21(33)32-22(24(34)29-18-10-6-16(7-11-18)26(36)37-15(2)3)23(38-27(32)31-20)25(35)30-19-12-8-17(28)9-13-19/h6-15H,4-5H2,1-3H3,(H,29,34)(H,30,35). The van der Waals surface area contributed by atoms with Crippen LogP contribution in [0.2, 0.25) is 0 Å². The third kappa shape index (κ3) is 5.94. The van der Waals surface area contributed by atoms with Crippen LogP contribution in [0.25, 0.3) is 4.96 Å². The SMILES string of the molecule is CCCc1cc(=O)n2c(C(=O)Nc3ccc(C(=O)OC(C)C)cc3)c(C(=O)Nc3ccc(F)cc3)sc2n1. The molecule has 2 heterocycles. The van der Waals surface area contributed by atoms with Crippen LogP contribution in [0.5, 0.6) is 0 Å². The molecule has 38 heavy (non-hydrogen) atoms. The predicted octanol–water partition coefficient (Wildman–Crippen LogP) is 4.92. The van der Waals surface area contributed by atoms with Gasteiger partial charge in [0.1, 0.15) is 16.4 Å². The summed E-state index contributed by atoms with van der Waals surface area (Å²) in [6.45, 7) is 5.43. The maximum absolute atomic E-state index is 13.4. The monoisotopic (exact) mass is 536 g/mol. The molecule has 0 aliphatic carbocycles. The molecule has 0 spiro atoms. The van der Waals surface area contributed by atoms with Crippen LogP contribution in [-0.4, -0.2) is 33.3 Å². The first-order valence-electron chi connectivity index (χ1n) is 11.9. The molecule has 0 aliphatic rings. The number of halogens is 1. The Kier molecular flexibility index (Phi) is 7.96. The van der Waals surface area contributed by atoms with Gasteiger partial charge in [0.2, 0.25) is 0 Å². The molecular formula is C27H25FN4O5S. The number of hydrogen-bond donors (Lipinski definition) is 2. The van der Waals surface area contributed by atoms with Crippen molar-refractivity contribution in [3.05, 3.63) is 92.6 Å². The number of nitrogens with one attached hydrogen (secondary N) is 2. The number of ether oxygens (including phenoxy) is 1. The molecule has 0 bridgehead atoms. The van der Waals surface area contributed by atoms with E-state index in [9.17, 15) is 23.6 Å². The number of benzene rings is 2. The van der Waals surface area contributed by atoms with Crippen molar-refractivity contribution in [3.8, 4) is 0 Å². The number of rotatable bonds is 8. The molecule has 2 aromatic carbocycles. The molecule has 0 saturated carbocycles. The maximum Gasteiger partial charge on any atom is 0.338 e. The highest BCUT2D eigenvalue weighted by atomic mass is 32.1. The van der Waals surface area contributed by atoms with Gasteiger partial charge in [0.15, 0.2) is 4.96 Å². The summed E-state index contributed by atoms with van der Waals surface area (Å²) in [4.78, 5) is 56.4. The molecule has 4 rings (SSSR count). The number of nitrogens with zero attached hydrogens (tertiary/aromatic N) is 2. The van der Waals surface area contributed by atoms with Crippen molar-refractivity contribution in [2.75, 3.05) is 10.6 Å². The number of anilines is 2. The summed E-state index contributed by atoms with van der Waals surface area (Å²) >= 11 is 0.903. The minimum Gasteiger partial charge on any atom is -0.459 e. The van der Waals surface area contributed by atoms with Crippen LogP contribution in [0, 0.1) is 5.82 Å². The lowest BCUT2D eigenvalue weighted by Crippen LogP contribution is -2.25. The van der Waals surface area contributed by atoms with Crippen molar-refractivity contribution >= 4 is 45.5 Å².